The Hall–Kier alpha value is -2.36. The van der Waals surface area contributed by atoms with Gasteiger partial charge in [0, 0.05) is 48.5 Å². The Morgan fingerprint density at radius 1 is 1.41 bits per heavy atom. The van der Waals surface area contributed by atoms with Gasteiger partial charge in [-0.1, -0.05) is 30.8 Å². The van der Waals surface area contributed by atoms with Gasteiger partial charge in [-0.25, -0.2) is 0 Å². The number of likely N-dealkylation sites (N-methyl/N-ethyl adjacent to an activating group) is 1. The Morgan fingerprint density at radius 3 is 2.81 bits per heavy atom. The lowest BCUT2D eigenvalue weighted by atomic mass is 9.80. The second-order valence-electron chi connectivity index (χ2n) is 6.97. The van der Waals surface area contributed by atoms with Crippen LogP contribution in [0, 0.1) is 17.3 Å². The molecule has 5 nitrogen and oxygen atoms in total. The Bertz CT molecular complexity index is 945. The molecular weight excluding hydrogens is 358 g/mol. The van der Waals surface area contributed by atoms with E-state index >= 15 is 0 Å². The molecule has 2 aromatic rings. The number of aliphatic hydroxyl groups is 1. The smallest absolute Gasteiger partial charge is 0.228 e. The first-order valence-electron chi connectivity index (χ1n) is 9.06. The van der Waals surface area contributed by atoms with Crippen molar-refractivity contribution in [3.8, 4) is 11.4 Å². The number of rotatable bonds is 2. The van der Waals surface area contributed by atoms with E-state index in [0.717, 1.165) is 13.0 Å². The average molecular weight is 384 g/mol. The van der Waals surface area contributed by atoms with Gasteiger partial charge in [-0.05, 0) is 43.2 Å². The number of benzene rings is 1. The number of fused-ring (bicyclic) bond motifs is 2. The second kappa shape index (κ2) is 8.12. The van der Waals surface area contributed by atoms with Crippen LogP contribution >= 0.6 is 12.6 Å². The van der Waals surface area contributed by atoms with Gasteiger partial charge in [-0.2, -0.15) is 0 Å². The summed E-state index contributed by atoms with van der Waals surface area (Å²) in [6, 6.07) is 6.89. The Labute approximate surface area is 165 Å². The summed E-state index contributed by atoms with van der Waals surface area (Å²) in [7, 11) is 4.25. The van der Waals surface area contributed by atoms with Crippen molar-refractivity contribution in [1.82, 2.24) is 14.8 Å². The SMILES string of the molecule is CCNC(=O)C1C=C2c3cccc4c3c(cn4C)CC2N(C)C1.OC#CS. The van der Waals surface area contributed by atoms with E-state index in [-0.39, 0.29) is 11.8 Å². The minimum Gasteiger partial charge on any atom is -0.461 e. The zero-order valence-corrected chi connectivity index (χ0v) is 16.8. The number of nitrogens with zero attached hydrogens (tertiary/aromatic N) is 2. The molecular formula is C21H25N3O2S. The number of carbonyl (C=O) groups excluding carboxylic acids is 1. The van der Waals surface area contributed by atoms with Gasteiger partial charge < -0.3 is 15.0 Å². The topological polar surface area (TPSA) is 57.5 Å². The van der Waals surface area contributed by atoms with E-state index in [1.54, 1.807) is 6.11 Å². The minimum absolute atomic E-state index is 0.0632. The number of amides is 1. The van der Waals surface area contributed by atoms with Gasteiger partial charge in [0.25, 0.3) is 0 Å². The van der Waals surface area contributed by atoms with Gasteiger partial charge in [0.05, 0.1) is 5.92 Å². The fraction of sp³-hybridized carbons (Fsp3) is 0.381. The molecule has 2 N–H and O–H groups in total. The normalized spacial score (nSPS) is 20.5. The maximum Gasteiger partial charge on any atom is 0.228 e. The zero-order valence-electron chi connectivity index (χ0n) is 15.9. The molecule has 1 aromatic carbocycles. The monoisotopic (exact) mass is 383 g/mol. The lowest BCUT2D eigenvalue weighted by Crippen LogP contribution is -2.46. The highest BCUT2D eigenvalue weighted by molar-refractivity contribution is 7.85. The third-order valence-corrected chi connectivity index (χ3v) is 5.41. The first-order chi connectivity index (χ1) is 13.0. The fourth-order valence-corrected chi connectivity index (χ4v) is 4.20. The van der Waals surface area contributed by atoms with Gasteiger partial charge in [0.2, 0.25) is 5.91 Å². The number of carbonyl (C=O) groups is 1. The van der Waals surface area contributed by atoms with E-state index in [9.17, 15) is 4.79 Å². The molecule has 2 heterocycles. The molecule has 1 aromatic heterocycles. The van der Waals surface area contributed by atoms with Crippen molar-refractivity contribution < 1.29 is 9.90 Å². The standard InChI is InChI=1S/C19H23N3O.C2H2OS/c1-4-20-19(23)13-8-15-14-6-5-7-16-18(14)12(10-21(16)2)9-17(15)22(3)11-13;3-1-2-4/h5-8,10,13,17H,4,9,11H2,1-3H3,(H,20,23);3-4H. The predicted molar refractivity (Wildman–Crippen MR) is 112 cm³/mol. The van der Waals surface area contributed by atoms with Gasteiger partial charge in [-0.3, -0.25) is 9.69 Å². The Balaban J connectivity index is 0.000000481. The van der Waals surface area contributed by atoms with Gasteiger partial charge in [0.15, 0.2) is 0 Å². The predicted octanol–water partition coefficient (Wildman–Crippen LogP) is 2.39. The van der Waals surface area contributed by atoms with Crippen molar-refractivity contribution in [1.29, 1.82) is 0 Å². The number of aromatic nitrogens is 1. The van der Waals surface area contributed by atoms with Crippen LogP contribution in [0.2, 0.25) is 0 Å². The van der Waals surface area contributed by atoms with Crippen molar-refractivity contribution in [3.63, 3.8) is 0 Å². The molecule has 0 saturated heterocycles. The number of aryl methyl sites for hydroxylation is 1. The molecule has 6 heteroatoms. The highest BCUT2D eigenvalue weighted by Gasteiger charge is 2.35. The summed E-state index contributed by atoms with van der Waals surface area (Å²) in [5.41, 5.74) is 5.32. The molecule has 1 amide bonds. The van der Waals surface area contributed by atoms with Gasteiger partial charge in [0.1, 0.15) is 6.11 Å². The summed E-state index contributed by atoms with van der Waals surface area (Å²) >= 11 is 3.31. The highest BCUT2D eigenvalue weighted by Crippen LogP contribution is 2.41. The lowest BCUT2D eigenvalue weighted by Gasteiger charge is -2.39. The molecule has 0 radical (unpaired) electrons. The minimum atomic E-state index is -0.0632. The molecule has 0 spiro atoms. The summed E-state index contributed by atoms with van der Waals surface area (Å²) in [5.74, 6) is 0.0723. The number of hydrogen-bond donors (Lipinski definition) is 3. The van der Waals surface area contributed by atoms with E-state index < -0.39 is 0 Å². The Kier molecular flexibility index (Phi) is 5.83. The maximum atomic E-state index is 12.3. The van der Waals surface area contributed by atoms with Crippen LogP contribution in [0.3, 0.4) is 0 Å². The van der Waals surface area contributed by atoms with Crippen molar-refractivity contribution in [2.45, 2.75) is 19.4 Å². The van der Waals surface area contributed by atoms with Gasteiger partial charge in [-0.15, -0.1) is 0 Å². The highest BCUT2D eigenvalue weighted by atomic mass is 32.1. The third kappa shape index (κ3) is 3.58. The molecule has 0 fully saturated rings. The van der Waals surface area contributed by atoms with E-state index in [4.69, 9.17) is 5.11 Å². The quantitative estimate of drug-likeness (QED) is 0.551. The van der Waals surface area contributed by atoms with Crippen molar-refractivity contribution >= 4 is 35.0 Å². The molecule has 2 unspecified atom stereocenters. The number of hydrogen-bond acceptors (Lipinski definition) is 4. The lowest BCUT2D eigenvalue weighted by molar-refractivity contribution is -0.124. The van der Waals surface area contributed by atoms with E-state index in [1.165, 1.54) is 27.6 Å². The summed E-state index contributed by atoms with van der Waals surface area (Å²) in [6.45, 7) is 3.44. The van der Waals surface area contributed by atoms with Crippen molar-refractivity contribution in [3.05, 3.63) is 41.6 Å². The fourth-order valence-electron chi connectivity index (χ4n) is 4.20. The van der Waals surface area contributed by atoms with Crippen LogP contribution in [0.25, 0.3) is 16.5 Å². The van der Waals surface area contributed by atoms with Crippen LogP contribution in [0.5, 0.6) is 0 Å². The van der Waals surface area contributed by atoms with Crippen LogP contribution in [-0.4, -0.2) is 46.7 Å². The molecule has 1 aliphatic heterocycles. The zero-order chi connectivity index (χ0) is 19.6. The Morgan fingerprint density at radius 2 is 2.15 bits per heavy atom. The van der Waals surface area contributed by atoms with Crippen LogP contribution < -0.4 is 5.32 Å². The summed E-state index contributed by atoms with van der Waals surface area (Å²) < 4.78 is 2.22. The maximum absolute atomic E-state index is 12.3. The summed E-state index contributed by atoms with van der Waals surface area (Å²) in [4.78, 5) is 14.7. The van der Waals surface area contributed by atoms with Crippen molar-refractivity contribution in [2.24, 2.45) is 13.0 Å². The molecule has 27 heavy (non-hydrogen) atoms. The van der Waals surface area contributed by atoms with E-state index in [1.807, 2.05) is 12.2 Å². The average Bonchev–Trinajstić information content (AvgIpc) is 3.00. The van der Waals surface area contributed by atoms with Crippen LogP contribution in [-0.2, 0) is 18.3 Å². The van der Waals surface area contributed by atoms with Gasteiger partial charge >= 0.3 is 0 Å². The number of thiol groups is 1. The first-order valence-corrected chi connectivity index (χ1v) is 9.51. The summed E-state index contributed by atoms with van der Waals surface area (Å²) in [6.07, 6.45) is 7.04. The summed E-state index contributed by atoms with van der Waals surface area (Å²) in [5, 5.41) is 13.7. The molecule has 1 aliphatic carbocycles. The third-order valence-electron chi connectivity index (χ3n) is 5.31. The van der Waals surface area contributed by atoms with E-state index in [0.29, 0.717) is 12.6 Å². The molecule has 4 rings (SSSR count). The molecule has 0 saturated carbocycles. The first kappa shape index (κ1) is 19.4. The molecule has 2 atom stereocenters. The van der Waals surface area contributed by atoms with Crippen LogP contribution in [0.1, 0.15) is 18.1 Å². The second-order valence-corrected chi connectivity index (χ2v) is 7.19. The van der Waals surface area contributed by atoms with Crippen molar-refractivity contribution in [2.75, 3.05) is 20.1 Å². The largest absolute Gasteiger partial charge is 0.461 e. The van der Waals surface area contributed by atoms with Crippen LogP contribution in [0.4, 0.5) is 0 Å². The molecule has 142 valence electrons. The molecule has 0 bridgehead atoms. The van der Waals surface area contributed by atoms with Crippen LogP contribution in [0.15, 0.2) is 30.5 Å². The number of aliphatic hydroxyl groups excluding tert-OH is 1. The molecule has 2 aliphatic rings. The van der Waals surface area contributed by atoms with E-state index in [2.05, 4.69) is 72.0 Å². The number of nitrogens with one attached hydrogen (secondary N) is 1.